The predicted molar refractivity (Wildman–Crippen MR) is 102 cm³/mol. The summed E-state index contributed by atoms with van der Waals surface area (Å²) in [7, 11) is 0. The average molecular weight is 412 g/mol. The summed E-state index contributed by atoms with van der Waals surface area (Å²) in [4.78, 5) is 24.5. The molecule has 2 amide bonds. The molecule has 1 aliphatic heterocycles. The molecular formula is C18H14F2N8O2. The number of nitrogens with zero attached hydrogens (tertiary/aromatic N) is 6. The maximum Gasteiger partial charge on any atom is 0.272 e. The summed E-state index contributed by atoms with van der Waals surface area (Å²) < 4.78 is 28.7. The second-order valence-corrected chi connectivity index (χ2v) is 6.36. The Hall–Kier alpha value is -4.22. The van der Waals surface area contributed by atoms with Crippen molar-refractivity contribution in [3.05, 3.63) is 60.4 Å². The highest BCUT2D eigenvalue weighted by Crippen LogP contribution is 2.26. The van der Waals surface area contributed by atoms with E-state index in [2.05, 4.69) is 25.9 Å². The van der Waals surface area contributed by atoms with Gasteiger partial charge in [-0.25, -0.2) is 13.5 Å². The fraction of sp³-hybridized carbons (Fsp3) is 0.111. The lowest BCUT2D eigenvalue weighted by Gasteiger charge is -2.20. The molecule has 0 saturated carbocycles. The van der Waals surface area contributed by atoms with Crippen molar-refractivity contribution >= 4 is 28.9 Å². The molecule has 2 aromatic carbocycles. The van der Waals surface area contributed by atoms with Crippen molar-refractivity contribution in [3.63, 3.8) is 0 Å². The monoisotopic (exact) mass is 412 g/mol. The lowest BCUT2D eigenvalue weighted by atomic mass is 10.1. The van der Waals surface area contributed by atoms with Gasteiger partial charge < -0.3 is 11.1 Å². The van der Waals surface area contributed by atoms with Gasteiger partial charge in [0.1, 0.15) is 29.7 Å². The minimum absolute atomic E-state index is 0.0321. The number of halogens is 2. The molecule has 0 radical (unpaired) electrons. The Balaban J connectivity index is 1.59. The van der Waals surface area contributed by atoms with E-state index in [4.69, 9.17) is 5.73 Å². The Bertz CT molecular complexity index is 1130. The van der Waals surface area contributed by atoms with Gasteiger partial charge in [-0.1, -0.05) is 0 Å². The molecule has 0 fully saturated rings. The SMILES string of the molecule is NC(=O)C1CC(C(=O)Nc2cc(-n3cnnn3)ccc2F)=NN1c1ccc(F)cc1. The molecule has 10 nitrogen and oxygen atoms in total. The first-order chi connectivity index (χ1) is 14.4. The maximum absolute atomic E-state index is 14.2. The van der Waals surface area contributed by atoms with Gasteiger partial charge in [0.25, 0.3) is 5.91 Å². The zero-order chi connectivity index (χ0) is 21.3. The number of nitrogens with two attached hydrogens (primary N) is 1. The molecule has 12 heteroatoms. The molecule has 3 N–H and O–H groups in total. The number of hydrazone groups is 1. The van der Waals surface area contributed by atoms with Gasteiger partial charge in [-0.05, 0) is 52.9 Å². The molecule has 0 spiro atoms. The topological polar surface area (TPSA) is 131 Å². The molecule has 1 aromatic heterocycles. The fourth-order valence-corrected chi connectivity index (χ4v) is 2.93. The van der Waals surface area contributed by atoms with E-state index >= 15 is 0 Å². The molecule has 1 aliphatic rings. The first-order valence-electron chi connectivity index (χ1n) is 8.68. The zero-order valence-corrected chi connectivity index (χ0v) is 15.2. The molecule has 152 valence electrons. The summed E-state index contributed by atoms with van der Waals surface area (Å²) >= 11 is 0. The Kier molecular flexibility index (Phi) is 4.88. The largest absolute Gasteiger partial charge is 0.368 e. The quantitative estimate of drug-likeness (QED) is 0.643. The van der Waals surface area contributed by atoms with Gasteiger partial charge in [-0.15, -0.1) is 5.10 Å². The van der Waals surface area contributed by atoms with Crippen molar-refractivity contribution in [1.82, 2.24) is 20.2 Å². The second-order valence-electron chi connectivity index (χ2n) is 6.36. The van der Waals surface area contributed by atoms with Gasteiger partial charge in [-0.2, -0.15) is 5.10 Å². The van der Waals surface area contributed by atoms with Crippen LogP contribution in [0.15, 0.2) is 53.9 Å². The highest BCUT2D eigenvalue weighted by molar-refractivity contribution is 6.44. The third kappa shape index (κ3) is 3.70. The van der Waals surface area contributed by atoms with Crippen molar-refractivity contribution in [2.24, 2.45) is 10.8 Å². The van der Waals surface area contributed by atoms with E-state index in [0.717, 1.165) is 6.07 Å². The zero-order valence-electron chi connectivity index (χ0n) is 15.2. The van der Waals surface area contributed by atoms with Crippen molar-refractivity contribution in [2.45, 2.75) is 12.5 Å². The summed E-state index contributed by atoms with van der Waals surface area (Å²) in [6, 6.07) is 8.21. The number of benzene rings is 2. The Morgan fingerprint density at radius 3 is 2.50 bits per heavy atom. The highest BCUT2D eigenvalue weighted by Gasteiger charge is 2.35. The van der Waals surface area contributed by atoms with Crippen LogP contribution >= 0.6 is 0 Å². The van der Waals surface area contributed by atoms with E-state index in [0.29, 0.717) is 11.4 Å². The molecule has 0 bridgehead atoms. The minimum Gasteiger partial charge on any atom is -0.368 e. The van der Waals surface area contributed by atoms with Crippen LogP contribution in [-0.4, -0.2) is 43.8 Å². The summed E-state index contributed by atoms with van der Waals surface area (Å²) in [5.41, 5.74) is 6.08. The van der Waals surface area contributed by atoms with Crippen LogP contribution < -0.4 is 16.1 Å². The summed E-state index contributed by atoms with van der Waals surface area (Å²) in [6.45, 7) is 0. The van der Waals surface area contributed by atoms with Gasteiger partial charge in [0.2, 0.25) is 5.91 Å². The molecule has 30 heavy (non-hydrogen) atoms. The van der Waals surface area contributed by atoms with E-state index in [9.17, 15) is 18.4 Å². The highest BCUT2D eigenvalue weighted by atomic mass is 19.1. The smallest absolute Gasteiger partial charge is 0.272 e. The molecule has 1 unspecified atom stereocenters. The summed E-state index contributed by atoms with van der Waals surface area (Å²) in [5, 5.41) is 18.5. The Morgan fingerprint density at radius 2 is 1.83 bits per heavy atom. The van der Waals surface area contributed by atoms with Gasteiger partial charge in [-0.3, -0.25) is 14.6 Å². The average Bonchev–Trinajstić information content (AvgIpc) is 3.40. The first kappa shape index (κ1) is 19.1. The summed E-state index contributed by atoms with van der Waals surface area (Å²) in [5.74, 6) is -2.56. The van der Waals surface area contributed by atoms with Crippen molar-refractivity contribution < 1.29 is 18.4 Å². The molecular weight excluding hydrogens is 398 g/mol. The first-order valence-corrected chi connectivity index (χ1v) is 8.68. The number of nitrogens with one attached hydrogen (secondary N) is 1. The Morgan fingerprint density at radius 1 is 1.10 bits per heavy atom. The summed E-state index contributed by atoms with van der Waals surface area (Å²) in [6.07, 6.45) is 1.23. The molecule has 1 atom stereocenters. The van der Waals surface area contributed by atoms with Gasteiger partial charge >= 0.3 is 0 Å². The molecule has 0 saturated heterocycles. The van der Waals surface area contributed by atoms with Gasteiger partial charge in [0.15, 0.2) is 0 Å². The van der Waals surface area contributed by atoms with Crippen LogP contribution in [0, 0.1) is 11.6 Å². The lowest BCUT2D eigenvalue weighted by molar-refractivity contribution is -0.119. The lowest BCUT2D eigenvalue weighted by Crippen LogP contribution is -2.39. The maximum atomic E-state index is 14.2. The van der Waals surface area contributed by atoms with E-state index in [1.54, 1.807) is 0 Å². The molecule has 3 aromatic rings. The van der Waals surface area contributed by atoms with Crippen molar-refractivity contribution in [2.75, 3.05) is 10.3 Å². The number of primary amides is 1. The van der Waals surface area contributed by atoms with E-state index < -0.39 is 29.5 Å². The molecule has 4 rings (SSSR count). The van der Waals surface area contributed by atoms with Crippen LogP contribution in [0.25, 0.3) is 5.69 Å². The second kappa shape index (κ2) is 7.66. The van der Waals surface area contributed by atoms with Crippen LogP contribution in [0.5, 0.6) is 0 Å². The van der Waals surface area contributed by atoms with E-state index in [1.807, 2.05) is 0 Å². The number of rotatable bonds is 5. The molecule has 2 heterocycles. The van der Waals surface area contributed by atoms with Crippen LogP contribution in [0.2, 0.25) is 0 Å². The normalized spacial score (nSPS) is 15.7. The predicted octanol–water partition coefficient (Wildman–Crippen LogP) is 0.999. The standard InChI is InChI=1S/C18H14F2N8O2/c19-10-1-3-11(4-2-10)28-16(17(21)29)8-15(24-28)18(30)23-14-7-12(5-6-13(14)20)27-9-22-25-26-27/h1-7,9,16H,8H2,(H2,21,29)(H,23,30). The minimum atomic E-state index is -0.936. The van der Waals surface area contributed by atoms with Crippen LogP contribution in [0.3, 0.4) is 0 Å². The van der Waals surface area contributed by atoms with Crippen LogP contribution in [0.4, 0.5) is 20.2 Å². The molecule has 0 aliphatic carbocycles. The number of carbonyl (C=O) groups excluding carboxylic acids is 2. The number of amides is 2. The van der Waals surface area contributed by atoms with E-state index in [1.165, 1.54) is 52.4 Å². The number of tetrazole rings is 1. The number of anilines is 2. The fourth-order valence-electron chi connectivity index (χ4n) is 2.93. The van der Waals surface area contributed by atoms with Crippen LogP contribution in [0.1, 0.15) is 6.42 Å². The van der Waals surface area contributed by atoms with Crippen LogP contribution in [-0.2, 0) is 9.59 Å². The number of hydrogen-bond donors (Lipinski definition) is 2. The number of aromatic nitrogens is 4. The van der Waals surface area contributed by atoms with E-state index in [-0.39, 0.29) is 17.8 Å². The number of carbonyl (C=O) groups is 2. The van der Waals surface area contributed by atoms with Crippen molar-refractivity contribution in [1.29, 1.82) is 0 Å². The third-order valence-corrected chi connectivity index (χ3v) is 4.40. The van der Waals surface area contributed by atoms with Gasteiger partial charge in [0.05, 0.1) is 17.1 Å². The Labute approximate surface area is 168 Å². The van der Waals surface area contributed by atoms with Gasteiger partial charge in [0, 0.05) is 6.42 Å². The van der Waals surface area contributed by atoms with Crippen molar-refractivity contribution in [3.8, 4) is 5.69 Å². The third-order valence-electron chi connectivity index (χ3n) is 4.40. The number of hydrogen-bond acceptors (Lipinski definition) is 7.